The van der Waals surface area contributed by atoms with Crippen molar-refractivity contribution in [3.63, 3.8) is 0 Å². The Hall–Kier alpha value is -1.98. The lowest BCUT2D eigenvalue weighted by molar-refractivity contribution is 0.480. The van der Waals surface area contributed by atoms with Gasteiger partial charge in [-0.25, -0.2) is 0 Å². The highest BCUT2D eigenvalue weighted by molar-refractivity contribution is 5.90. The number of phenolic OH excluding ortho intramolecular Hbond substituents is 1. The van der Waals surface area contributed by atoms with E-state index in [4.69, 9.17) is 5.73 Å². The van der Waals surface area contributed by atoms with Crippen LogP contribution in [0.4, 0.5) is 0 Å². The van der Waals surface area contributed by atoms with Crippen molar-refractivity contribution in [2.45, 2.75) is 6.42 Å². The van der Waals surface area contributed by atoms with Crippen molar-refractivity contribution in [1.29, 1.82) is 0 Å². The molecule has 0 fully saturated rings. The van der Waals surface area contributed by atoms with Gasteiger partial charge >= 0.3 is 0 Å². The highest BCUT2D eigenvalue weighted by Gasteiger charge is 2.02. The fourth-order valence-corrected chi connectivity index (χ4v) is 1.59. The number of fused-ring (bicyclic) bond motifs is 1. The van der Waals surface area contributed by atoms with Gasteiger partial charge in [-0.1, -0.05) is 42.2 Å². The van der Waals surface area contributed by atoms with Crippen molar-refractivity contribution < 1.29 is 5.11 Å². The average Bonchev–Trinajstić information content (AvgIpc) is 2.33. The Labute approximate surface area is 94.7 Å². The van der Waals surface area contributed by atoms with E-state index >= 15 is 0 Å². The molecule has 0 saturated heterocycles. The van der Waals surface area contributed by atoms with Crippen molar-refractivity contribution in [2.75, 3.05) is 6.54 Å². The van der Waals surface area contributed by atoms with Crippen LogP contribution in [0.5, 0.6) is 5.75 Å². The number of benzene rings is 2. The van der Waals surface area contributed by atoms with Gasteiger partial charge in [0.15, 0.2) is 0 Å². The summed E-state index contributed by atoms with van der Waals surface area (Å²) in [7, 11) is 0. The van der Waals surface area contributed by atoms with Gasteiger partial charge in [0.1, 0.15) is 5.75 Å². The predicted octanol–water partition coefficient (Wildman–Crippen LogP) is 2.25. The fraction of sp³-hybridized carbons (Fsp3) is 0.143. The first-order chi connectivity index (χ1) is 7.83. The van der Waals surface area contributed by atoms with Crippen LogP contribution in [0.1, 0.15) is 12.0 Å². The molecule has 0 saturated carbocycles. The quantitative estimate of drug-likeness (QED) is 0.711. The van der Waals surface area contributed by atoms with Crippen LogP contribution in [0.2, 0.25) is 0 Å². The van der Waals surface area contributed by atoms with Gasteiger partial charge in [0.2, 0.25) is 0 Å². The number of hydrogen-bond donors (Lipinski definition) is 2. The van der Waals surface area contributed by atoms with Crippen LogP contribution in [-0.4, -0.2) is 11.7 Å². The molecule has 16 heavy (non-hydrogen) atoms. The molecule has 0 aliphatic heterocycles. The Bertz CT molecular complexity index is 564. The second kappa shape index (κ2) is 4.69. The van der Waals surface area contributed by atoms with Crippen LogP contribution < -0.4 is 5.73 Å². The molecule has 2 aromatic rings. The number of phenols is 1. The van der Waals surface area contributed by atoms with Crippen molar-refractivity contribution in [1.82, 2.24) is 0 Å². The maximum Gasteiger partial charge on any atom is 0.139 e. The van der Waals surface area contributed by atoms with E-state index in [1.807, 2.05) is 36.4 Å². The summed E-state index contributed by atoms with van der Waals surface area (Å²) in [5, 5.41) is 11.9. The number of aromatic hydroxyl groups is 1. The smallest absolute Gasteiger partial charge is 0.139 e. The minimum atomic E-state index is 0.252. The summed E-state index contributed by atoms with van der Waals surface area (Å²) in [6.07, 6.45) is 0.645. The summed E-state index contributed by atoms with van der Waals surface area (Å²) in [4.78, 5) is 0. The second-order valence-corrected chi connectivity index (χ2v) is 3.52. The molecule has 0 aromatic heterocycles. The monoisotopic (exact) mass is 211 g/mol. The summed E-state index contributed by atoms with van der Waals surface area (Å²) >= 11 is 0. The molecule has 0 unspecified atom stereocenters. The van der Waals surface area contributed by atoms with Gasteiger partial charge in [-0.3, -0.25) is 0 Å². The van der Waals surface area contributed by atoms with Crippen molar-refractivity contribution in [3.05, 3.63) is 42.0 Å². The first-order valence-electron chi connectivity index (χ1n) is 5.22. The average molecular weight is 211 g/mol. The predicted molar refractivity (Wildman–Crippen MR) is 66.2 cm³/mol. The highest BCUT2D eigenvalue weighted by Crippen LogP contribution is 2.27. The van der Waals surface area contributed by atoms with Crippen LogP contribution in [0.3, 0.4) is 0 Å². The molecule has 0 bridgehead atoms. The van der Waals surface area contributed by atoms with Gasteiger partial charge in [-0.15, -0.1) is 0 Å². The van der Waals surface area contributed by atoms with E-state index in [2.05, 4.69) is 11.8 Å². The fourth-order valence-electron chi connectivity index (χ4n) is 1.59. The van der Waals surface area contributed by atoms with Crippen molar-refractivity contribution in [3.8, 4) is 17.6 Å². The lowest BCUT2D eigenvalue weighted by Gasteiger charge is -2.02. The van der Waals surface area contributed by atoms with E-state index in [0.717, 1.165) is 10.8 Å². The third-order valence-corrected chi connectivity index (χ3v) is 2.39. The summed E-state index contributed by atoms with van der Waals surface area (Å²) in [5.41, 5.74) is 6.02. The molecule has 80 valence electrons. The Morgan fingerprint density at radius 2 is 1.94 bits per heavy atom. The Morgan fingerprint density at radius 1 is 1.12 bits per heavy atom. The minimum Gasteiger partial charge on any atom is -0.506 e. The molecular weight excluding hydrogens is 198 g/mol. The van der Waals surface area contributed by atoms with E-state index in [1.54, 1.807) is 0 Å². The Kier molecular flexibility index (Phi) is 3.09. The number of hydrogen-bond acceptors (Lipinski definition) is 2. The molecule has 0 atom stereocenters. The standard InChI is InChI=1S/C14H13NO/c15-10-4-3-6-12-9-8-11-5-1-2-7-13(11)14(12)16/h1-2,5,7-9,16H,4,10,15H2. The summed E-state index contributed by atoms with van der Waals surface area (Å²) in [6, 6.07) is 11.5. The van der Waals surface area contributed by atoms with E-state index < -0.39 is 0 Å². The molecule has 2 nitrogen and oxygen atoms in total. The van der Waals surface area contributed by atoms with Crippen LogP contribution in [-0.2, 0) is 0 Å². The molecule has 3 N–H and O–H groups in total. The minimum absolute atomic E-state index is 0.252. The van der Waals surface area contributed by atoms with Gasteiger partial charge in [0, 0.05) is 18.4 Å². The molecule has 0 spiro atoms. The zero-order valence-electron chi connectivity index (χ0n) is 8.90. The third-order valence-electron chi connectivity index (χ3n) is 2.39. The van der Waals surface area contributed by atoms with Crippen LogP contribution >= 0.6 is 0 Å². The largest absolute Gasteiger partial charge is 0.506 e. The lowest BCUT2D eigenvalue weighted by atomic mass is 10.1. The lowest BCUT2D eigenvalue weighted by Crippen LogP contribution is -1.95. The van der Waals surface area contributed by atoms with Crippen LogP contribution in [0, 0.1) is 11.8 Å². The molecule has 0 aliphatic rings. The maximum absolute atomic E-state index is 10.0. The molecule has 0 radical (unpaired) electrons. The van der Waals surface area contributed by atoms with Gasteiger partial charge in [0.05, 0.1) is 5.56 Å². The second-order valence-electron chi connectivity index (χ2n) is 3.52. The van der Waals surface area contributed by atoms with Crippen molar-refractivity contribution in [2.24, 2.45) is 5.73 Å². The SMILES string of the molecule is NCCC#Cc1ccc2ccccc2c1O. The van der Waals surface area contributed by atoms with Crippen molar-refractivity contribution >= 4 is 10.8 Å². The highest BCUT2D eigenvalue weighted by atomic mass is 16.3. The molecule has 0 heterocycles. The zero-order chi connectivity index (χ0) is 11.4. The zero-order valence-corrected chi connectivity index (χ0v) is 8.90. The number of nitrogens with two attached hydrogens (primary N) is 1. The van der Waals surface area contributed by atoms with E-state index in [-0.39, 0.29) is 5.75 Å². The first-order valence-corrected chi connectivity index (χ1v) is 5.22. The normalized spacial score (nSPS) is 9.81. The van der Waals surface area contributed by atoms with Gasteiger partial charge in [-0.05, 0) is 11.5 Å². The topological polar surface area (TPSA) is 46.2 Å². The molecule has 2 aromatic carbocycles. The molecule has 0 aliphatic carbocycles. The van der Waals surface area contributed by atoms with E-state index in [9.17, 15) is 5.11 Å². The molecule has 0 amide bonds. The third kappa shape index (κ3) is 2.00. The Balaban J connectivity index is 2.49. The summed E-state index contributed by atoms with van der Waals surface area (Å²) < 4.78 is 0. The van der Waals surface area contributed by atoms with E-state index in [0.29, 0.717) is 18.5 Å². The summed E-state index contributed by atoms with van der Waals surface area (Å²) in [6.45, 7) is 0.543. The number of rotatable bonds is 1. The van der Waals surface area contributed by atoms with Gasteiger partial charge in [-0.2, -0.15) is 0 Å². The van der Waals surface area contributed by atoms with Gasteiger partial charge in [0.25, 0.3) is 0 Å². The van der Waals surface area contributed by atoms with Crippen LogP contribution in [0.15, 0.2) is 36.4 Å². The summed E-state index contributed by atoms with van der Waals surface area (Å²) in [5.74, 6) is 6.10. The Morgan fingerprint density at radius 3 is 2.75 bits per heavy atom. The van der Waals surface area contributed by atoms with Crippen LogP contribution in [0.25, 0.3) is 10.8 Å². The molecule has 2 rings (SSSR count). The molecular formula is C14H13NO. The first kappa shape index (κ1) is 10.5. The molecule has 2 heteroatoms. The maximum atomic E-state index is 10.0. The van der Waals surface area contributed by atoms with E-state index in [1.165, 1.54) is 0 Å². The van der Waals surface area contributed by atoms with Gasteiger partial charge < -0.3 is 10.8 Å².